The maximum atomic E-state index is 12.1. The van der Waals surface area contributed by atoms with E-state index in [1.807, 2.05) is 6.08 Å². The molecule has 0 aliphatic heterocycles. The van der Waals surface area contributed by atoms with E-state index in [0.717, 1.165) is 31.3 Å². The molecule has 0 saturated carbocycles. The van der Waals surface area contributed by atoms with Crippen LogP contribution in [0.2, 0.25) is 0 Å². The molecule has 0 bridgehead atoms. The molecule has 0 aromatic rings. The van der Waals surface area contributed by atoms with E-state index < -0.39 is 0 Å². The molecule has 0 unspecified atom stereocenters. The molecule has 0 spiro atoms. The summed E-state index contributed by atoms with van der Waals surface area (Å²) in [5, 5.41) is 0. The number of hydrogen-bond donors (Lipinski definition) is 0. The minimum Gasteiger partial charge on any atom is -0.358 e. The second-order valence-corrected chi connectivity index (χ2v) is 9.42. The molecular weight excluding hydrogens is 1300 g/mol. The topological polar surface area (TPSA) is 0 Å². The summed E-state index contributed by atoms with van der Waals surface area (Å²) >= 11 is 0. The first-order chi connectivity index (χ1) is 17.3. The van der Waals surface area contributed by atoms with Gasteiger partial charge < -0.3 is 59.4 Å². The number of alkyl halides is 1. The van der Waals surface area contributed by atoms with Gasteiger partial charge in [-0.15, -0.1) is 0 Å². The summed E-state index contributed by atoms with van der Waals surface area (Å²) in [6.45, 7) is 1.97. The average molecular weight is 1380 g/mol. The molecule has 0 fully saturated rings. The normalized spacial score (nSPS) is 19.8. The Morgan fingerprint density at radius 1 is 0.362 bits per heavy atom. The summed E-state index contributed by atoms with van der Waals surface area (Å²) < 4.78 is 12.1. The fraction of sp³-hybridized carbons (Fsp3) is 0.429. The molecule has 47 heavy (non-hydrogen) atoms. The zero-order valence-corrected chi connectivity index (χ0v) is 40.8. The minimum absolute atomic E-state index is 0. The summed E-state index contributed by atoms with van der Waals surface area (Å²) in [6, 6.07) is 0. The molecule has 0 aromatic carbocycles. The number of rotatable bonds is 1. The van der Waals surface area contributed by atoms with Gasteiger partial charge in [0, 0.05) is 0 Å². The fourth-order valence-electron chi connectivity index (χ4n) is 3.90. The Kier molecular flexibility index (Phi) is 119. The van der Waals surface area contributed by atoms with Gasteiger partial charge in [-0.1, -0.05) is 90.6 Å². The molecule has 0 nitrogen and oxygen atoms in total. The summed E-state index contributed by atoms with van der Waals surface area (Å²) in [5.74, 6) is 0. The Morgan fingerprint density at radius 3 is 0.894 bits per heavy atom. The average Bonchev–Trinajstić information content (AvgIpc) is 2.77. The van der Waals surface area contributed by atoms with Crippen molar-refractivity contribution in [1.29, 1.82) is 0 Å². The van der Waals surface area contributed by atoms with E-state index in [0.29, 0.717) is 0 Å². The van der Waals surface area contributed by atoms with Crippen molar-refractivity contribution < 1.29 is 88.7 Å². The number of halogens is 1. The van der Waals surface area contributed by atoms with Crippen LogP contribution < -0.4 is 0 Å². The first-order valence-corrected chi connectivity index (χ1v) is 14.1. The van der Waals surface area contributed by atoms with Crippen LogP contribution in [0.3, 0.4) is 0 Å². The second-order valence-electron chi connectivity index (χ2n) is 9.42. The van der Waals surface area contributed by atoms with Crippen LogP contribution in [0.1, 0.15) is 110 Å². The standard InChI is InChI=1S/C9H13F.C9H14.2C8H12.8CH3.4Pt/c10-8-9-6-4-2-1-3-5-7-9;1-9-7-5-3-2-4-6-8-9;2*1-2-4-6-8-7-5-3-1;;;;;;;;;;;;/h1-2,7H,3-6,8H2;2-3,8H,4-7H2,1H3;2*1-2,7-8H,3-6H2;8*1H3;;;;/q;;;;8*-1;4*+2/b2-1-,9-7+;3-2-,9-8-;2*2-1-,8-7?;;;;;;;;;;;;. The Morgan fingerprint density at radius 2 is 0.596 bits per heavy atom. The van der Waals surface area contributed by atoms with Gasteiger partial charge >= 0.3 is 84.3 Å². The third-order valence-electron chi connectivity index (χ3n) is 6.10. The predicted molar refractivity (Wildman–Crippen MR) is 208 cm³/mol. The Balaban J connectivity index is -0.0000000321. The molecule has 5 heteroatoms. The SMILES string of the molecule is C/C1=C/CC/C=C\CC1.C1=CCC/C=C\CC1.C1=CCC/C=C\CC1.FC/C1=C/CC/C=C\CC1.[CH3-].[CH3-].[CH3-].[CH3-].[CH3-].[CH3-].[CH3-].[CH3-].[Pt+2].[Pt+2].[Pt+2].[Pt+2]. The maximum Gasteiger partial charge on any atom is 2.00 e. The van der Waals surface area contributed by atoms with Gasteiger partial charge in [-0.2, -0.15) is 0 Å². The third-order valence-corrected chi connectivity index (χ3v) is 6.10. The van der Waals surface area contributed by atoms with Gasteiger partial charge in [0.1, 0.15) is 6.67 Å². The van der Waals surface area contributed by atoms with Gasteiger partial charge in [-0.3, -0.25) is 0 Å². The predicted octanol–water partition coefficient (Wildman–Crippen LogP) is 15.0. The van der Waals surface area contributed by atoms with Gasteiger partial charge in [-0.05, 0) is 115 Å². The van der Waals surface area contributed by atoms with E-state index in [1.165, 1.54) is 77.0 Å². The number of allylic oxidation sites excluding steroid dienone is 16. The van der Waals surface area contributed by atoms with Crippen molar-refractivity contribution in [1.82, 2.24) is 0 Å². The zero-order valence-electron chi connectivity index (χ0n) is 31.7. The van der Waals surface area contributed by atoms with Crippen molar-refractivity contribution in [2.75, 3.05) is 6.67 Å². The van der Waals surface area contributed by atoms with E-state index >= 15 is 0 Å². The Hall–Kier alpha value is 0.603. The van der Waals surface area contributed by atoms with Crippen LogP contribution in [-0.2, 0) is 84.3 Å². The van der Waals surface area contributed by atoms with Crippen LogP contribution in [0.25, 0.3) is 0 Å². The van der Waals surface area contributed by atoms with Gasteiger partial charge in [0.05, 0.1) is 0 Å². The van der Waals surface area contributed by atoms with E-state index in [1.54, 1.807) is 5.57 Å². The van der Waals surface area contributed by atoms with E-state index in [2.05, 4.69) is 85.9 Å². The summed E-state index contributed by atoms with van der Waals surface area (Å²) in [7, 11) is 0. The third kappa shape index (κ3) is 62.2. The Bertz CT molecular complexity index is 664. The maximum absolute atomic E-state index is 12.1. The van der Waals surface area contributed by atoms with Crippen LogP contribution in [0.15, 0.2) is 96.2 Å². The molecule has 0 aromatic heterocycles. The molecule has 0 atom stereocenters. The second kappa shape index (κ2) is 68.5. The molecule has 0 N–H and O–H groups in total. The monoisotopic (exact) mass is 1380 g/mol. The number of hydrogen-bond acceptors (Lipinski definition) is 0. The van der Waals surface area contributed by atoms with Crippen LogP contribution in [0.4, 0.5) is 4.39 Å². The molecule has 0 heterocycles. The Labute approximate surface area is 357 Å². The van der Waals surface area contributed by atoms with Crippen molar-refractivity contribution in [3.8, 4) is 0 Å². The summed E-state index contributed by atoms with van der Waals surface area (Å²) in [6.07, 6.45) is 50.2. The summed E-state index contributed by atoms with van der Waals surface area (Å²) in [5.41, 5.74) is 2.53. The molecule has 4 aliphatic rings. The molecule has 0 amide bonds. The van der Waals surface area contributed by atoms with Crippen molar-refractivity contribution in [3.63, 3.8) is 0 Å². The van der Waals surface area contributed by atoms with Crippen LogP contribution in [-0.4, -0.2) is 6.67 Å². The molecule has 290 valence electrons. The largest absolute Gasteiger partial charge is 2.00 e. The van der Waals surface area contributed by atoms with Gasteiger partial charge in [0.25, 0.3) is 0 Å². The summed E-state index contributed by atoms with van der Waals surface area (Å²) in [4.78, 5) is 0. The van der Waals surface area contributed by atoms with E-state index in [-0.39, 0.29) is 150 Å². The quantitative estimate of drug-likeness (QED) is 0.181. The van der Waals surface area contributed by atoms with Crippen molar-refractivity contribution in [2.45, 2.75) is 110 Å². The van der Waals surface area contributed by atoms with Crippen molar-refractivity contribution in [2.24, 2.45) is 0 Å². The minimum atomic E-state index is -0.256. The van der Waals surface area contributed by atoms with Crippen LogP contribution in [0.5, 0.6) is 0 Å². The van der Waals surface area contributed by atoms with Crippen molar-refractivity contribution in [3.05, 3.63) is 156 Å². The molecule has 0 saturated heterocycles. The van der Waals surface area contributed by atoms with Gasteiger partial charge in [-0.25, -0.2) is 4.39 Å². The fourth-order valence-corrected chi connectivity index (χ4v) is 3.90. The smallest absolute Gasteiger partial charge is 0.358 e. The van der Waals surface area contributed by atoms with Crippen LogP contribution >= 0.6 is 0 Å². The zero-order chi connectivity index (χ0) is 25.1. The molecule has 0 radical (unpaired) electrons. The molecular formula is C42H75FPt4. The van der Waals surface area contributed by atoms with Crippen molar-refractivity contribution >= 4 is 0 Å². The molecule has 4 rings (SSSR count). The van der Waals surface area contributed by atoms with E-state index in [4.69, 9.17) is 0 Å². The van der Waals surface area contributed by atoms with Gasteiger partial charge in [0.2, 0.25) is 0 Å². The van der Waals surface area contributed by atoms with Gasteiger partial charge in [0.15, 0.2) is 0 Å². The van der Waals surface area contributed by atoms with Crippen LogP contribution in [0, 0.1) is 59.4 Å². The first kappa shape index (κ1) is 81.6. The van der Waals surface area contributed by atoms with E-state index in [9.17, 15) is 4.39 Å². The first-order valence-electron chi connectivity index (χ1n) is 14.1. The molecule has 4 aliphatic carbocycles.